The first-order chi connectivity index (χ1) is 12.1. The van der Waals surface area contributed by atoms with E-state index in [2.05, 4.69) is 0 Å². The molecule has 3 rings (SSSR count). The second kappa shape index (κ2) is 7.85. The Bertz CT molecular complexity index is 814. The van der Waals surface area contributed by atoms with Gasteiger partial charge in [-0.1, -0.05) is 42.5 Å². The van der Waals surface area contributed by atoms with Gasteiger partial charge in [0.05, 0.1) is 12.6 Å². The first kappa shape index (κ1) is 17.7. The van der Waals surface area contributed by atoms with Crippen molar-refractivity contribution in [1.82, 2.24) is 4.31 Å². The molecule has 1 saturated heterocycles. The molecule has 1 fully saturated rings. The minimum Gasteiger partial charge on any atom is -0.494 e. The van der Waals surface area contributed by atoms with Gasteiger partial charge < -0.3 is 4.74 Å². The van der Waals surface area contributed by atoms with Gasteiger partial charge in [0.15, 0.2) is 0 Å². The fourth-order valence-electron chi connectivity index (χ4n) is 3.14. The van der Waals surface area contributed by atoms with Crippen LogP contribution in [0.5, 0.6) is 5.75 Å². The van der Waals surface area contributed by atoms with Gasteiger partial charge in [0.2, 0.25) is 10.0 Å². The van der Waals surface area contributed by atoms with Gasteiger partial charge in [0.25, 0.3) is 0 Å². The van der Waals surface area contributed by atoms with E-state index in [1.54, 1.807) is 10.4 Å². The van der Waals surface area contributed by atoms with Gasteiger partial charge in [-0.3, -0.25) is 0 Å². The molecule has 1 unspecified atom stereocenters. The molecule has 0 bridgehead atoms. The van der Waals surface area contributed by atoms with E-state index in [0.29, 0.717) is 13.2 Å². The highest BCUT2D eigenvalue weighted by molar-refractivity contribution is 7.92. The van der Waals surface area contributed by atoms with Crippen molar-refractivity contribution >= 4 is 16.1 Å². The number of ether oxygens (including phenoxy) is 1. The SMILES string of the molecule is CCOc1ccc(C2CCCN2S(=O)(=O)/C=C/c2ccccc2)cc1. The van der Waals surface area contributed by atoms with Crippen molar-refractivity contribution in [1.29, 1.82) is 0 Å². The number of sulfonamides is 1. The zero-order chi connectivity index (χ0) is 17.7. The van der Waals surface area contributed by atoms with Crippen molar-refractivity contribution in [3.8, 4) is 5.75 Å². The molecular formula is C20H23NO3S. The van der Waals surface area contributed by atoms with E-state index >= 15 is 0 Å². The Kier molecular flexibility index (Phi) is 5.56. The lowest BCUT2D eigenvalue weighted by molar-refractivity contribution is 0.339. The van der Waals surface area contributed by atoms with Crippen LogP contribution >= 0.6 is 0 Å². The van der Waals surface area contributed by atoms with Crippen LogP contribution in [0.2, 0.25) is 0 Å². The molecule has 1 aliphatic heterocycles. The topological polar surface area (TPSA) is 46.6 Å². The van der Waals surface area contributed by atoms with E-state index in [4.69, 9.17) is 4.74 Å². The molecule has 5 heteroatoms. The highest BCUT2D eigenvalue weighted by Gasteiger charge is 2.33. The number of benzene rings is 2. The standard InChI is InChI=1S/C20H23NO3S/c1-2-24-19-12-10-18(11-13-19)20-9-6-15-21(20)25(22,23)16-14-17-7-4-3-5-8-17/h3-5,7-8,10-14,16,20H,2,6,9,15H2,1H3/b16-14+. The maximum atomic E-state index is 12.8. The first-order valence-corrected chi connectivity index (χ1v) is 10.1. The van der Waals surface area contributed by atoms with E-state index in [9.17, 15) is 8.42 Å². The summed E-state index contributed by atoms with van der Waals surface area (Å²) in [6.45, 7) is 3.12. The van der Waals surface area contributed by atoms with Crippen LogP contribution in [-0.2, 0) is 10.0 Å². The van der Waals surface area contributed by atoms with E-state index in [1.807, 2.05) is 61.5 Å². The Balaban J connectivity index is 1.79. The Morgan fingerprint density at radius 2 is 1.84 bits per heavy atom. The van der Waals surface area contributed by atoms with Crippen LogP contribution in [-0.4, -0.2) is 25.9 Å². The lowest BCUT2D eigenvalue weighted by atomic mass is 10.1. The number of hydrogen-bond acceptors (Lipinski definition) is 3. The van der Waals surface area contributed by atoms with Gasteiger partial charge in [0, 0.05) is 12.0 Å². The van der Waals surface area contributed by atoms with Gasteiger partial charge >= 0.3 is 0 Å². The third-order valence-electron chi connectivity index (χ3n) is 4.34. The summed E-state index contributed by atoms with van der Waals surface area (Å²) in [6, 6.07) is 17.1. The molecule has 1 atom stereocenters. The Morgan fingerprint density at radius 3 is 2.52 bits per heavy atom. The summed E-state index contributed by atoms with van der Waals surface area (Å²) in [5, 5.41) is 1.31. The van der Waals surface area contributed by atoms with Gasteiger partial charge in [0.1, 0.15) is 5.75 Å². The van der Waals surface area contributed by atoms with E-state index in [-0.39, 0.29) is 6.04 Å². The summed E-state index contributed by atoms with van der Waals surface area (Å²) in [5.74, 6) is 0.808. The molecule has 0 N–H and O–H groups in total. The molecule has 0 amide bonds. The molecule has 25 heavy (non-hydrogen) atoms. The van der Waals surface area contributed by atoms with Gasteiger partial charge in [-0.15, -0.1) is 0 Å². The first-order valence-electron chi connectivity index (χ1n) is 8.58. The number of hydrogen-bond donors (Lipinski definition) is 0. The molecule has 0 saturated carbocycles. The lowest BCUT2D eigenvalue weighted by Crippen LogP contribution is -2.28. The summed E-state index contributed by atoms with van der Waals surface area (Å²) in [7, 11) is -3.45. The molecule has 4 nitrogen and oxygen atoms in total. The van der Waals surface area contributed by atoms with Crippen LogP contribution in [0.1, 0.15) is 36.9 Å². The Morgan fingerprint density at radius 1 is 1.12 bits per heavy atom. The van der Waals surface area contributed by atoms with Crippen molar-refractivity contribution in [2.75, 3.05) is 13.2 Å². The monoisotopic (exact) mass is 357 g/mol. The van der Waals surface area contributed by atoms with Crippen molar-refractivity contribution < 1.29 is 13.2 Å². The average Bonchev–Trinajstić information content (AvgIpc) is 3.13. The van der Waals surface area contributed by atoms with Gasteiger partial charge in [-0.05, 0) is 49.1 Å². The van der Waals surface area contributed by atoms with Crippen LogP contribution in [0.15, 0.2) is 60.0 Å². The fraction of sp³-hybridized carbons (Fsp3) is 0.300. The average molecular weight is 357 g/mol. The minimum atomic E-state index is -3.45. The fourth-order valence-corrected chi connectivity index (χ4v) is 4.59. The molecule has 0 radical (unpaired) electrons. The molecule has 2 aromatic carbocycles. The second-order valence-corrected chi connectivity index (χ2v) is 7.80. The van der Waals surface area contributed by atoms with E-state index in [1.165, 1.54) is 5.41 Å². The second-order valence-electron chi connectivity index (χ2n) is 6.03. The Hall–Kier alpha value is -2.11. The summed E-state index contributed by atoms with van der Waals surface area (Å²) in [5.41, 5.74) is 1.89. The highest BCUT2D eigenvalue weighted by atomic mass is 32.2. The van der Waals surface area contributed by atoms with Crippen molar-refractivity contribution in [2.45, 2.75) is 25.8 Å². The zero-order valence-electron chi connectivity index (χ0n) is 14.3. The van der Waals surface area contributed by atoms with E-state index in [0.717, 1.165) is 29.7 Å². The van der Waals surface area contributed by atoms with Crippen molar-refractivity contribution in [3.05, 3.63) is 71.1 Å². The largest absolute Gasteiger partial charge is 0.494 e. The predicted octanol–water partition coefficient (Wildman–Crippen LogP) is 4.22. The maximum Gasteiger partial charge on any atom is 0.236 e. The molecule has 2 aromatic rings. The number of nitrogens with zero attached hydrogens (tertiary/aromatic N) is 1. The smallest absolute Gasteiger partial charge is 0.236 e. The van der Waals surface area contributed by atoms with Gasteiger partial charge in [-0.2, -0.15) is 4.31 Å². The lowest BCUT2D eigenvalue weighted by Gasteiger charge is -2.23. The summed E-state index contributed by atoms with van der Waals surface area (Å²) >= 11 is 0. The third kappa shape index (κ3) is 4.30. The van der Waals surface area contributed by atoms with Crippen LogP contribution in [0.25, 0.3) is 6.08 Å². The summed E-state index contributed by atoms with van der Waals surface area (Å²) < 4.78 is 32.6. The minimum absolute atomic E-state index is 0.110. The molecule has 1 aliphatic rings. The molecule has 1 heterocycles. The summed E-state index contributed by atoms with van der Waals surface area (Å²) in [6.07, 6.45) is 3.37. The Labute approximate surface area is 149 Å². The van der Waals surface area contributed by atoms with Crippen LogP contribution in [0, 0.1) is 0 Å². The quantitative estimate of drug-likeness (QED) is 0.777. The van der Waals surface area contributed by atoms with Crippen LogP contribution < -0.4 is 4.74 Å². The predicted molar refractivity (Wildman–Crippen MR) is 101 cm³/mol. The van der Waals surface area contributed by atoms with Crippen molar-refractivity contribution in [2.24, 2.45) is 0 Å². The molecule has 0 aromatic heterocycles. The third-order valence-corrected chi connectivity index (χ3v) is 5.91. The summed E-state index contributed by atoms with van der Waals surface area (Å²) in [4.78, 5) is 0. The van der Waals surface area contributed by atoms with Crippen molar-refractivity contribution in [3.63, 3.8) is 0 Å². The van der Waals surface area contributed by atoms with Crippen LogP contribution in [0.3, 0.4) is 0 Å². The maximum absolute atomic E-state index is 12.8. The molecule has 0 spiro atoms. The van der Waals surface area contributed by atoms with Gasteiger partial charge in [-0.25, -0.2) is 8.42 Å². The molecule has 0 aliphatic carbocycles. The number of rotatable bonds is 6. The normalized spacial score (nSPS) is 18.7. The highest BCUT2D eigenvalue weighted by Crippen LogP contribution is 2.35. The molecular weight excluding hydrogens is 334 g/mol. The zero-order valence-corrected chi connectivity index (χ0v) is 15.2. The van der Waals surface area contributed by atoms with Crippen LogP contribution in [0.4, 0.5) is 0 Å². The van der Waals surface area contributed by atoms with E-state index < -0.39 is 10.0 Å². The molecule has 132 valence electrons.